The quantitative estimate of drug-likeness (QED) is 0.515. The molecule has 1 unspecified atom stereocenters. The molecule has 0 bridgehead atoms. The lowest BCUT2D eigenvalue weighted by Gasteiger charge is -2.14. The Kier molecular flexibility index (Phi) is 7.48. The van der Waals surface area contributed by atoms with E-state index < -0.39 is 0 Å². The molecular weight excluding hydrogens is 393 g/mol. The van der Waals surface area contributed by atoms with Gasteiger partial charge in [-0.1, -0.05) is 45.6 Å². The number of aromatic hydroxyl groups is 1. The number of hydrogen-bond acceptors (Lipinski definition) is 3. The molecule has 0 saturated heterocycles. The number of hydrogen-bond donors (Lipinski definition) is 2. The summed E-state index contributed by atoms with van der Waals surface area (Å²) in [5.74, 6) is 0.796. The average Bonchev–Trinajstić information content (AvgIpc) is 2.72. The molecule has 0 aliphatic carbocycles. The number of rotatable bonds is 8. The summed E-state index contributed by atoms with van der Waals surface area (Å²) in [6, 6.07) is 19.2. The van der Waals surface area contributed by atoms with Crippen LogP contribution in [0.4, 0.5) is 0 Å². The molecule has 0 saturated carbocycles. The minimum Gasteiger partial charge on any atom is -0.508 e. The molecule has 2 N–H and O–H groups in total. The van der Waals surface area contributed by atoms with Gasteiger partial charge in [-0.2, -0.15) is 0 Å². The first kappa shape index (κ1) is 21.9. The summed E-state index contributed by atoms with van der Waals surface area (Å²) < 4.78 is 5.57. The van der Waals surface area contributed by atoms with E-state index in [9.17, 15) is 9.90 Å². The molecular formula is C25H28NO3P. The van der Waals surface area contributed by atoms with Gasteiger partial charge in [0.2, 0.25) is 0 Å². The fourth-order valence-electron chi connectivity index (χ4n) is 3.52. The summed E-state index contributed by atoms with van der Waals surface area (Å²) in [5.41, 5.74) is 5.82. The molecule has 3 aromatic rings. The highest BCUT2D eigenvalue weighted by molar-refractivity contribution is 7.16. The second kappa shape index (κ2) is 10.3. The average molecular weight is 421 g/mol. The first-order valence-corrected chi connectivity index (χ1v) is 10.9. The van der Waals surface area contributed by atoms with Gasteiger partial charge >= 0.3 is 0 Å². The molecule has 3 aromatic carbocycles. The summed E-state index contributed by atoms with van der Waals surface area (Å²) in [6.45, 7) is 4.64. The first-order chi connectivity index (χ1) is 14.5. The van der Waals surface area contributed by atoms with Gasteiger partial charge in [0.25, 0.3) is 5.91 Å². The molecule has 1 amide bonds. The van der Waals surface area contributed by atoms with Crippen LogP contribution in [0.3, 0.4) is 0 Å². The SMILES string of the molecule is Cc1cc(OCP)cc(C)c1Cc1ccc(C(=O)NCCc2ccccc2)cc1O. The Morgan fingerprint density at radius 2 is 1.73 bits per heavy atom. The standard InChI is InChI=1S/C25H28NO3P/c1-17-12-22(29-16-30)13-18(2)23(17)14-20-8-9-21(15-24(20)27)25(28)26-11-10-19-6-4-3-5-7-19/h3-9,12-13,15,27H,10-11,14,16,30H2,1-2H3,(H,26,28). The molecule has 4 nitrogen and oxygen atoms in total. The molecule has 5 heteroatoms. The Balaban J connectivity index is 1.66. The van der Waals surface area contributed by atoms with Crippen molar-refractivity contribution in [1.82, 2.24) is 5.32 Å². The number of nitrogens with one attached hydrogen (secondary N) is 1. The van der Waals surface area contributed by atoms with Gasteiger partial charge in [0.1, 0.15) is 17.8 Å². The van der Waals surface area contributed by atoms with E-state index in [1.807, 2.05) is 62.4 Å². The van der Waals surface area contributed by atoms with Crippen molar-refractivity contribution in [3.63, 3.8) is 0 Å². The van der Waals surface area contributed by atoms with Gasteiger partial charge in [0, 0.05) is 18.5 Å². The van der Waals surface area contributed by atoms with Gasteiger partial charge < -0.3 is 15.2 Å². The summed E-state index contributed by atoms with van der Waals surface area (Å²) >= 11 is 0. The van der Waals surface area contributed by atoms with Crippen molar-refractivity contribution >= 4 is 15.1 Å². The molecule has 156 valence electrons. The van der Waals surface area contributed by atoms with Crippen molar-refractivity contribution in [2.45, 2.75) is 26.7 Å². The van der Waals surface area contributed by atoms with Crippen LogP contribution in [0, 0.1) is 13.8 Å². The predicted octanol–water partition coefficient (Wildman–Crippen LogP) is 4.78. The lowest BCUT2D eigenvalue weighted by atomic mass is 9.94. The van der Waals surface area contributed by atoms with Crippen LogP contribution in [-0.2, 0) is 12.8 Å². The number of ether oxygens (including phenoxy) is 1. The molecule has 0 aliphatic rings. The van der Waals surface area contributed by atoms with Gasteiger partial charge in [-0.3, -0.25) is 4.79 Å². The zero-order chi connectivity index (χ0) is 21.5. The maximum Gasteiger partial charge on any atom is 0.251 e. The van der Waals surface area contributed by atoms with Crippen molar-refractivity contribution in [1.29, 1.82) is 0 Å². The van der Waals surface area contributed by atoms with Crippen LogP contribution in [-0.4, -0.2) is 23.9 Å². The van der Waals surface area contributed by atoms with Gasteiger partial charge in [0.15, 0.2) is 0 Å². The van der Waals surface area contributed by atoms with Gasteiger partial charge in [0.05, 0.1) is 0 Å². The molecule has 0 spiro atoms. The molecule has 0 radical (unpaired) electrons. The summed E-state index contributed by atoms with van der Waals surface area (Å²) in [6.07, 6.45) is 1.92. The third kappa shape index (κ3) is 5.61. The molecule has 0 aromatic heterocycles. The number of benzene rings is 3. The van der Waals surface area contributed by atoms with Crippen LogP contribution in [0.2, 0.25) is 0 Å². The smallest absolute Gasteiger partial charge is 0.251 e. The van der Waals surface area contributed by atoms with E-state index in [4.69, 9.17) is 4.74 Å². The molecule has 0 fully saturated rings. The van der Waals surface area contributed by atoms with Crippen LogP contribution >= 0.6 is 9.24 Å². The van der Waals surface area contributed by atoms with Crippen LogP contribution in [0.25, 0.3) is 0 Å². The molecule has 3 rings (SSSR count). The van der Waals surface area contributed by atoms with Crippen molar-refractivity contribution in [3.8, 4) is 11.5 Å². The van der Waals surface area contributed by atoms with Crippen molar-refractivity contribution in [3.05, 3.63) is 94.0 Å². The highest BCUT2D eigenvalue weighted by Gasteiger charge is 2.12. The second-order valence-electron chi connectivity index (χ2n) is 7.36. The highest BCUT2D eigenvalue weighted by Crippen LogP contribution is 2.28. The zero-order valence-electron chi connectivity index (χ0n) is 17.4. The van der Waals surface area contributed by atoms with Crippen molar-refractivity contribution in [2.75, 3.05) is 12.9 Å². The van der Waals surface area contributed by atoms with Gasteiger partial charge in [-0.25, -0.2) is 0 Å². The van der Waals surface area contributed by atoms with Gasteiger partial charge in [-0.05, 0) is 72.4 Å². The predicted molar refractivity (Wildman–Crippen MR) is 125 cm³/mol. The van der Waals surface area contributed by atoms with Crippen molar-refractivity contribution in [2.24, 2.45) is 0 Å². The van der Waals surface area contributed by atoms with Gasteiger partial charge in [-0.15, -0.1) is 0 Å². The first-order valence-electron chi connectivity index (χ1n) is 10.0. The van der Waals surface area contributed by atoms with E-state index in [-0.39, 0.29) is 11.7 Å². The van der Waals surface area contributed by atoms with E-state index in [1.54, 1.807) is 12.1 Å². The maximum atomic E-state index is 12.4. The largest absolute Gasteiger partial charge is 0.508 e. The number of phenols is 1. The maximum absolute atomic E-state index is 12.4. The number of phenolic OH excluding ortho intramolecular Hbond substituents is 1. The van der Waals surface area contributed by atoms with E-state index in [0.717, 1.165) is 34.4 Å². The molecule has 0 aliphatic heterocycles. The Labute approximate surface area is 180 Å². The topological polar surface area (TPSA) is 58.6 Å². The third-order valence-electron chi connectivity index (χ3n) is 5.18. The zero-order valence-corrected chi connectivity index (χ0v) is 18.6. The molecule has 30 heavy (non-hydrogen) atoms. The lowest BCUT2D eigenvalue weighted by Crippen LogP contribution is -2.25. The minimum atomic E-state index is -0.181. The second-order valence-corrected chi connectivity index (χ2v) is 7.69. The van der Waals surface area contributed by atoms with E-state index in [0.29, 0.717) is 24.9 Å². The molecule has 0 heterocycles. The number of carbonyl (C=O) groups is 1. The van der Waals surface area contributed by atoms with Crippen LogP contribution in [0.1, 0.15) is 38.2 Å². The Morgan fingerprint density at radius 3 is 2.37 bits per heavy atom. The fourth-order valence-corrected chi connectivity index (χ4v) is 3.72. The van der Waals surface area contributed by atoms with Crippen LogP contribution < -0.4 is 10.1 Å². The number of aryl methyl sites for hydroxylation is 2. The number of amides is 1. The summed E-state index contributed by atoms with van der Waals surface area (Å²) in [5, 5.41) is 13.4. The normalized spacial score (nSPS) is 10.6. The Hall–Kier alpha value is -2.84. The molecule has 1 atom stereocenters. The Bertz CT molecular complexity index is 995. The van der Waals surface area contributed by atoms with E-state index in [2.05, 4.69) is 14.6 Å². The van der Waals surface area contributed by atoms with E-state index >= 15 is 0 Å². The van der Waals surface area contributed by atoms with Crippen molar-refractivity contribution < 1.29 is 14.6 Å². The van der Waals surface area contributed by atoms with Crippen LogP contribution in [0.5, 0.6) is 11.5 Å². The lowest BCUT2D eigenvalue weighted by molar-refractivity contribution is 0.0953. The van der Waals surface area contributed by atoms with E-state index in [1.165, 1.54) is 5.56 Å². The number of carbonyl (C=O) groups excluding carboxylic acids is 1. The Morgan fingerprint density at radius 1 is 1.03 bits per heavy atom. The summed E-state index contributed by atoms with van der Waals surface area (Å²) in [7, 11) is 2.55. The van der Waals surface area contributed by atoms with Crippen LogP contribution in [0.15, 0.2) is 60.7 Å². The third-order valence-corrected chi connectivity index (χ3v) is 5.34. The highest BCUT2D eigenvalue weighted by atomic mass is 31.0. The fraction of sp³-hybridized carbons (Fsp3) is 0.240. The minimum absolute atomic E-state index is 0.134. The monoisotopic (exact) mass is 421 g/mol. The summed E-state index contributed by atoms with van der Waals surface area (Å²) in [4.78, 5) is 12.4.